The van der Waals surface area contributed by atoms with E-state index in [1.165, 1.54) is 0 Å². The van der Waals surface area contributed by atoms with Gasteiger partial charge in [-0.15, -0.1) is 0 Å². The van der Waals surface area contributed by atoms with Gasteiger partial charge in [0.2, 0.25) is 5.91 Å². The van der Waals surface area contributed by atoms with Crippen LogP contribution in [0.2, 0.25) is 0 Å². The molecule has 0 spiro atoms. The highest BCUT2D eigenvalue weighted by Crippen LogP contribution is 2.29. The van der Waals surface area contributed by atoms with Crippen molar-refractivity contribution in [2.45, 2.75) is 6.42 Å². The number of aromatic nitrogens is 2. The summed E-state index contributed by atoms with van der Waals surface area (Å²) >= 11 is 3.39. The van der Waals surface area contributed by atoms with Gasteiger partial charge in [0.1, 0.15) is 17.2 Å². The van der Waals surface area contributed by atoms with Crippen LogP contribution >= 0.6 is 15.9 Å². The van der Waals surface area contributed by atoms with E-state index in [-0.39, 0.29) is 23.8 Å². The molecule has 6 nitrogen and oxygen atoms in total. The smallest absolute Gasteiger partial charge is 0.230 e. The van der Waals surface area contributed by atoms with Gasteiger partial charge in [-0.25, -0.2) is 9.97 Å². The van der Waals surface area contributed by atoms with Gasteiger partial charge in [0.15, 0.2) is 5.82 Å². The summed E-state index contributed by atoms with van der Waals surface area (Å²) in [6.45, 7) is 0. The second kappa shape index (κ2) is 8.97. The second-order valence-electron chi connectivity index (χ2n) is 6.90. The van der Waals surface area contributed by atoms with Crippen molar-refractivity contribution in [3.63, 3.8) is 0 Å². The number of amides is 1. The molecule has 0 aliphatic heterocycles. The van der Waals surface area contributed by atoms with Gasteiger partial charge >= 0.3 is 0 Å². The minimum absolute atomic E-state index is 0.132. The van der Waals surface area contributed by atoms with Crippen molar-refractivity contribution in [1.82, 2.24) is 9.97 Å². The highest BCUT2D eigenvalue weighted by molar-refractivity contribution is 9.10. The van der Waals surface area contributed by atoms with Gasteiger partial charge < -0.3 is 15.5 Å². The first-order valence-corrected chi connectivity index (χ1v) is 10.3. The quantitative estimate of drug-likeness (QED) is 0.370. The number of phenolic OH excluding ortho intramolecular Hbond substituents is 2. The molecule has 0 saturated heterocycles. The third-order valence-electron chi connectivity index (χ3n) is 4.61. The van der Waals surface area contributed by atoms with E-state index < -0.39 is 0 Å². The van der Waals surface area contributed by atoms with Crippen molar-refractivity contribution >= 4 is 27.7 Å². The van der Waals surface area contributed by atoms with E-state index in [9.17, 15) is 15.0 Å². The summed E-state index contributed by atoms with van der Waals surface area (Å²) < 4.78 is 0.946. The fourth-order valence-electron chi connectivity index (χ4n) is 3.04. The maximum Gasteiger partial charge on any atom is 0.230 e. The third-order valence-corrected chi connectivity index (χ3v) is 5.14. The van der Waals surface area contributed by atoms with Crippen LogP contribution in [0.15, 0.2) is 83.5 Å². The number of hydrogen-bond donors (Lipinski definition) is 3. The summed E-state index contributed by atoms with van der Waals surface area (Å²) in [6, 6.07) is 20.7. The Morgan fingerprint density at radius 2 is 1.42 bits per heavy atom. The monoisotopic (exact) mass is 475 g/mol. The minimum Gasteiger partial charge on any atom is -0.508 e. The molecule has 31 heavy (non-hydrogen) atoms. The van der Waals surface area contributed by atoms with Crippen LogP contribution in [-0.4, -0.2) is 26.1 Å². The van der Waals surface area contributed by atoms with Crippen LogP contribution < -0.4 is 5.32 Å². The molecule has 0 bridgehead atoms. The molecule has 1 aromatic heterocycles. The third kappa shape index (κ3) is 5.07. The largest absolute Gasteiger partial charge is 0.508 e. The molecule has 154 valence electrons. The van der Waals surface area contributed by atoms with Gasteiger partial charge in [-0.1, -0.05) is 28.1 Å². The molecule has 3 aromatic carbocycles. The van der Waals surface area contributed by atoms with Gasteiger partial charge in [0.25, 0.3) is 0 Å². The number of carbonyl (C=O) groups excluding carboxylic acids is 1. The maximum absolute atomic E-state index is 12.6. The van der Waals surface area contributed by atoms with Gasteiger partial charge in [-0.3, -0.25) is 4.79 Å². The number of phenols is 2. The number of carbonyl (C=O) groups is 1. The van der Waals surface area contributed by atoms with Gasteiger partial charge in [0, 0.05) is 15.6 Å². The van der Waals surface area contributed by atoms with Crippen molar-refractivity contribution < 1.29 is 15.0 Å². The predicted molar refractivity (Wildman–Crippen MR) is 123 cm³/mol. The minimum atomic E-state index is -0.214. The number of aromatic hydroxyl groups is 2. The first kappa shape index (κ1) is 20.6. The van der Waals surface area contributed by atoms with Gasteiger partial charge in [-0.2, -0.15) is 0 Å². The SMILES string of the molecule is O=C(Cc1ccc(Br)cc1)Nc1ncc(-c2ccc(O)cc2)nc1-c1ccc(O)cc1. The zero-order valence-electron chi connectivity index (χ0n) is 16.3. The van der Waals surface area contributed by atoms with Crippen LogP contribution in [0, 0.1) is 0 Å². The Kier molecular flexibility index (Phi) is 5.95. The van der Waals surface area contributed by atoms with Crippen molar-refractivity contribution in [3.8, 4) is 34.0 Å². The summed E-state index contributed by atoms with van der Waals surface area (Å²) in [6.07, 6.45) is 1.77. The van der Waals surface area contributed by atoms with Crippen LogP contribution in [0.3, 0.4) is 0 Å². The van der Waals surface area contributed by atoms with E-state index in [0.29, 0.717) is 22.8 Å². The Balaban J connectivity index is 1.67. The number of nitrogens with zero attached hydrogens (tertiary/aromatic N) is 2. The number of hydrogen-bond acceptors (Lipinski definition) is 5. The molecule has 3 N–H and O–H groups in total. The fourth-order valence-corrected chi connectivity index (χ4v) is 3.30. The van der Waals surface area contributed by atoms with Crippen LogP contribution in [0.5, 0.6) is 11.5 Å². The predicted octanol–water partition coefficient (Wildman–Crippen LogP) is 5.17. The molecule has 0 atom stereocenters. The van der Waals surface area contributed by atoms with E-state index >= 15 is 0 Å². The van der Waals surface area contributed by atoms with Crippen LogP contribution in [0.1, 0.15) is 5.56 Å². The number of nitrogens with one attached hydrogen (secondary N) is 1. The molecule has 1 amide bonds. The van der Waals surface area contributed by atoms with Crippen LogP contribution in [0.4, 0.5) is 5.82 Å². The summed E-state index contributed by atoms with van der Waals surface area (Å²) in [5.74, 6) is 0.406. The molecular weight excluding hydrogens is 458 g/mol. The molecule has 0 aliphatic rings. The van der Waals surface area contributed by atoms with E-state index in [1.807, 2.05) is 24.3 Å². The Hall–Kier alpha value is -3.71. The number of benzene rings is 3. The maximum atomic E-state index is 12.6. The number of anilines is 1. The standard InChI is InChI=1S/C24H18BrN3O3/c25-18-7-1-15(2-8-18)13-22(31)28-24-23(17-5-11-20(30)12-6-17)27-21(14-26-24)16-3-9-19(29)10-4-16/h1-12,14,29-30H,13H2,(H,26,28,31). The fraction of sp³-hybridized carbons (Fsp3) is 0.0417. The van der Waals surface area contributed by atoms with E-state index in [1.54, 1.807) is 54.7 Å². The number of halogens is 1. The Labute approximate surface area is 187 Å². The summed E-state index contributed by atoms with van der Waals surface area (Å²) in [5.41, 5.74) is 3.42. The lowest BCUT2D eigenvalue weighted by molar-refractivity contribution is -0.115. The summed E-state index contributed by atoms with van der Waals surface area (Å²) in [5, 5.41) is 22.0. The van der Waals surface area contributed by atoms with Crippen LogP contribution in [-0.2, 0) is 11.2 Å². The molecule has 0 aliphatic carbocycles. The summed E-state index contributed by atoms with van der Waals surface area (Å²) in [7, 11) is 0. The molecule has 4 rings (SSSR count). The normalized spacial score (nSPS) is 10.6. The van der Waals surface area contributed by atoms with Crippen molar-refractivity contribution in [2.75, 3.05) is 5.32 Å². The molecule has 0 unspecified atom stereocenters. The molecule has 7 heteroatoms. The topological polar surface area (TPSA) is 95.3 Å². The van der Waals surface area contributed by atoms with Crippen LogP contribution in [0.25, 0.3) is 22.5 Å². The average molecular weight is 476 g/mol. The second-order valence-corrected chi connectivity index (χ2v) is 7.81. The van der Waals surface area contributed by atoms with Gasteiger partial charge in [-0.05, 0) is 66.2 Å². The van der Waals surface area contributed by atoms with E-state index in [4.69, 9.17) is 4.98 Å². The molecule has 4 aromatic rings. The first-order chi connectivity index (χ1) is 15.0. The molecular formula is C24H18BrN3O3. The van der Waals surface area contributed by atoms with Crippen molar-refractivity contribution in [3.05, 3.63) is 89.0 Å². The Morgan fingerprint density at radius 3 is 2.03 bits per heavy atom. The summed E-state index contributed by atoms with van der Waals surface area (Å²) in [4.78, 5) is 21.8. The zero-order valence-corrected chi connectivity index (χ0v) is 17.9. The lowest BCUT2D eigenvalue weighted by Crippen LogP contribution is -2.16. The lowest BCUT2D eigenvalue weighted by atomic mass is 10.1. The zero-order chi connectivity index (χ0) is 21.8. The van der Waals surface area contributed by atoms with E-state index in [0.717, 1.165) is 15.6 Å². The first-order valence-electron chi connectivity index (χ1n) is 9.48. The Bertz CT molecular complexity index is 1210. The van der Waals surface area contributed by atoms with Crippen molar-refractivity contribution in [1.29, 1.82) is 0 Å². The average Bonchev–Trinajstić information content (AvgIpc) is 2.77. The molecule has 0 saturated carbocycles. The molecule has 0 radical (unpaired) electrons. The van der Waals surface area contributed by atoms with E-state index in [2.05, 4.69) is 26.2 Å². The van der Waals surface area contributed by atoms with Crippen molar-refractivity contribution in [2.24, 2.45) is 0 Å². The lowest BCUT2D eigenvalue weighted by Gasteiger charge is -2.12. The molecule has 1 heterocycles. The number of rotatable bonds is 5. The van der Waals surface area contributed by atoms with Gasteiger partial charge in [0.05, 0.1) is 18.3 Å². The molecule has 0 fully saturated rings. The Morgan fingerprint density at radius 1 is 0.839 bits per heavy atom. The highest BCUT2D eigenvalue weighted by Gasteiger charge is 2.15. The highest BCUT2D eigenvalue weighted by atomic mass is 79.9.